The molecule has 2 N–H and O–H groups in total. The normalized spacial score (nSPS) is 12.8. The van der Waals surface area contributed by atoms with Crippen LogP contribution in [0, 0.1) is 6.92 Å². The number of nitrogens with two attached hydrogens (primary N) is 1. The van der Waals surface area contributed by atoms with Gasteiger partial charge in [0.15, 0.2) is 5.29 Å². The number of benzene rings is 3. The lowest BCUT2D eigenvalue weighted by Crippen LogP contribution is -2.08. The van der Waals surface area contributed by atoms with Crippen molar-refractivity contribution in [1.82, 2.24) is 0 Å². The highest BCUT2D eigenvalue weighted by Crippen LogP contribution is 2.30. The third-order valence-electron chi connectivity index (χ3n) is 4.07. The van der Waals surface area contributed by atoms with Crippen LogP contribution < -0.4 is 5.73 Å². The zero-order valence-electron chi connectivity index (χ0n) is 13.5. The van der Waals surface area contributed by atoms with Gasteiger partial charge in [0.05, 0.1) is 0 Å². The molecular weight excluding hydrogens is 316 g/mol. The molecule has 0 spiro atoms. The number of nitrogens with zero attached hydrogens (tertiary/aromatic N) is 1. The van der Waals surface area contributed by atoms with Crippen LogP contribution in [0.5, 0.6) is 0 Å². The monoisotopic (exact) mass is 334 g/mol. The molecule has 0 aliphatic rings. The Morgan fingerprint density at radius 1 is 0.833 bits per heavy atom. The van der Waals surface area contributed by atoms with Crippen LogP contribution in [0.25, 0.3) is 11.1 Å². The Morgan fingerprint density at radius 3 is 2.04 bits per heavy atom. The first-order valence-corrected chi connectivity index (χ1v) is 8.22. The summed E-state index contributed by atoms with van der Waals surface area (Å²) in [6.45, 7) is 2.07. The summed E-state index contributed by atoms with van der Waals surface area (Å²) < 4.78 is 0. The second-order valence-corrected chi connectivity index (χ2v) is 6.09. The number of halogens is 1. The fourth-order valence-corrected chi connectivity index (χ4v) is 2.93. The van der Waals surface area contributed by atoms with Crippen LogP contribution in [0.1, 0.15) is 22.7 Å². The molecule has 3 aromatic rings. The summed E-state index contributed by atoms with van der Waals surface area (Å²) >= 11 is 5.88. The van der Waals surface area contributed by atoms with E-state index in [0.29, 0.717) is 0 Å². The molecule has 0 saturated carbocycles. The molecule has 3 heteroatoms. The molecule has 1 atom stereocenters. The number of hydrogen-bond acceptors (Lipinski definition) is 1. The van der Waals surface area contributed by atoms with Gasteiger partial charge >= 0.3 is 0 Å². The highest BCUT2D eigenvalue weighted by molar-refractivity contribution is 6.64. The van der Waals surface area contributed by atoms with Crippen molar-refractivity contribution in [3.8, 4) is 11.1 Å². The molecule has 3 aromatic carbocycles. The summed E-state index contributed by atoms with van der Waals surface area (Å²) in [4.78, 5) is 4.44. The molecule has 0 aliphatic heterocycles. The molecule has 0 saturated heterocycles. The average molecular weight is 335 g/mol. The van der Waals surface area contributed by atoms with Gasteiger partial charge < -0.3 is 5.73 Å². The fourth-order valence-electron chi connectivity index (χ4n) is 2.83. The number of aryl methyl sites for hydroxylation is 1. The van der Waals surface area contributed by atoms with E-state index in [-0.39, 0.29) is 11.3 Å². The minimum atomic E-state index is -0.200. The molecule has 0 amide bonds. The molecular formula is C21H19ClN2. The van der Waals surface area contributed by atoms with Crippen LogP contribution in [-0.4, -0.2) is 5.29 Å². The lowest BCUT2D eigenvalue weighted by Gasteiger charge is -2.16. The molecule has 0 bridgehead atoms. The molecule has 24 heavy (non-hydrogen) atoms. The smallest absolute Gasteiger partial charge is 0.189 e. The van der Waals surface area contributed by atoms with Gasteiger partial charge in [0.2, 0.25) is 0 Å². The van der Waals surface area contributed by atoms with Crippen LogP contribution >= 0.6 is 11.6 Å². The maximum atomic E-state index is 5.88. The minimum Gasteiger partial charge on any atom is -0.374 e. The standard InChI is InChI=1S/C21H19ClN2/c1-15-7-5-6-10-19(15)20(24-21(22)23)18-13-11-17(12-14-18)16-8-3-2-4-9-16/h2-14,20H,1H3,(H2,23,24). The Hall–Kier alpha value is -2.58. The van der Waals surface area contributed by atoms with Crippen molar-refractivity contribution in [2.75, 3.05) is 0 Å². The molecule has 3 rings (SSSR count). The SMILES string of the molecule is Cc1ccccc1C(N=C(N)Cl)c1ccc(-c2ccccc2)cc1. The van der Waals surface area contributed by atoms with Crippen LogP contribution in [0.4, 0.5) is 0 Å². The maximum absolute atomic E-state index is 5.88. The summed E-state index contributed by atoms with van der Waals surface area (Å²) in [5, 5.41) is 0.0652. The van der Waals surface area contributed by atoms with E-state index in [2.05, 4.69) is 60.4 Å². The van der Waals surface area contributed by atoms with Crippen LogP contribution in [-0.2, 0) is 0 Å². The van der Waals surface area contributed by atoms with Gasteiger partial charge in [0.1, 0.15) is 6.04 Å². The molecule has 2 nitrogen and oxygen atoms in total. The second kappa shape index (κ2) is 7.33. The van der Waals surface area contributed by atoms with Crippen LogP contribution in [0.15, 0.2) is 83.9 Å². The van der Waals surface area contributed by atoms with E-state index in [1.807, 2.05) is 30.3 Å². The Bertz CT molecular complexity index is 835. The average Bonchev–Trinajstić information content (AvgIpc) is 2.61. The Balaban J connectivity index is 2.00. The third kappa shape index (κ3) is 3.66. The topological polar surface area (TPSA) is 38.4 Å². The first-order valence-electron chi connectivity index (χ1n) is 7.85. The molecule has 0 fully saturated rings. The summed E-state index contributed by atoms with van der Waals surface area (Å²) in [5.41, 5.74) is 11.3. The maximum Gasteiger partial charge on any atom is 0.189 e. The van der Waals surface area contributed by atoms with Crippen LogP contribution in [0.2, 0.25) is 0 Å². The van der Waals surface area contributed by atoms with Crippen molar-refractivity contribution in [3.05, 3.63) is 95.6 Å². The van der Waals surface area contributed by atoms with Gasteiger partial charge in [0.25, 0.3) is 0 Å². The fraction of sp³-hybridized carbons (Fsp3) is 0.0952. The number of amidine groups is 1. The Labute approximate surface area is 147 Å². The van der Waals surface area contributed by atoms with Gasteiger partial charge in [0, 0.05) is 0 Å². The van der Waals surface area contributed by atoms with E-state index in [9.17, 15) is 0 Å². The number of hydrogen-bond donors (Lipinski definition) is 1. The molecule has 0 aromatic heterocycles. The minimum absolute atomic E-state index is 0.0652. The number of aliphatic imine (C=N–C) groups is 1. The highest BCUT2D eigenvalue weighted by Gasteiger charge is 2.15. The Kier molecular flexibility index (Phi) is 4.97. The zero-order valence-corrected chi connectivity index (χ0v) is 14.2. The van der Waals surface area contributed by atoms with E-state index in [4.69, 9.17) is 17.3 Å². The molecule has 0 heterocycles. The van der Waals surface area contributed by atoms with Crippen molar-refractivity contribution in [2.24, 2.45) is 10.7 Å². The largest absolute Gasteiger partial charge is 0.374 e. The van der Waals surface area contributed by atoms with Gasteiger partial charge in [-0.2, -0.15) is 0 Å². The van der Waals surface area contributed by atoms with Crippen LogP contribution in [0.3, 0.4) is 0 Å². The zero-order chi connectivity index (χ0) is 16.9. The van der Waals surface area contributed by atoms with Crippen molar-refractivity contribution in [2.45, 2.75) is 13.0 Å². The lowest BCUT2D eigenvalue weighted by molar-refractivity contribution is 0.864. The lowest BCUT2D eigenvalue weighted by atomic mass is 9.94. The van der Waals surface area contributed by atoms with E-state index in [0.717, 1.165) is 16.7 Å². The van der Waals surface area contributed by atoms with Gasteiger partial charge in [-0.3, -0.25) is 0 Å². The third-order valence-corrected chi connectivity index (χ3v) is 4.17. The molecule has 120 valence electrons. The first kappa shape index (κ1) is 16.3. The van der Waals surface area contributed by atoms with Crippen molar-refractivity contribution >= 4 is 16.9 Å². The Morgan fingerprint density at radius 2 is 1.42 bits per heavy atom. The van der Waals surface area contributed by atoms with Gasteiger partial charge in [-0.15, -0.1) is 0 Å². The van der Waals surface area contributed by atoms with Gasteiger partial charge in [-0.05, 0) is 46.3 Å². The predicted molar refractivity (Wildman–Crippen MR) is 102 cm³/mol. The summed E-state index contributed by atoms with van der Waals surface area (Å²) in [6.07, 6.45) is 0. The summed E-state index contributed by atoms with van der Waals surface area (Å²) in [5.74, 6) is 0. The predicted octanol–water partition coefficient (Wildman–Crippen LogP) is 5.30. The van der Waals surface area contributed by atoms with E-state index >= 15 is 0 Å². The summed E-state index contributed by atoms with van der Waals surface area (Å²) in [6, 6.07) is 26.6. The second-order valence-electron chi connectivity index (χ2n) is 5.70. The van der Waals surface area contributed by atoms with E-state index in [1.165, 1.54) is 11.1 Å². The highest BCUT2D eigenvalue weighted by atomic mass is 35.5. The molecule has 0 radical (unpaired) electrons. The summed E-state index contributed by atoms with van der Waals surface area (Å²) in [7, 11) is 0. The van der Waals surface area contributed by atoms with E-state index in [1.54, 1.807) is 0 Å². The number of rotatable bonds is 4. The van der Waals surface area contributed by atoms with E-state index < -0.39 is 0 Å². The molecule has 0 aliphatic carbocycles. The van der Waals surface area contributed by atoms with Crippen molar-refractivity contribution < 1.29 is 0 Å². The first-order chi connectivity index (χ1) is 11.6. The van der Waals surface area contributed by atoms with Crippen molar-refractivity contribution in [1.29, 1.82) is 0 Å². The quantitative estimate of drug-likeness (QED) is 0.392. The van der Waals surface area contributed by atoms with Gasteiger partial charge in [-0.1, -0.05) is 78.9 Å². The van der Waals surface area contributed by atoms with Gasteiger partial charge in [-0.25, -0.2) is 4.99 Å². The van der Waals surface area contributed by atoms with Crippen molar-refractivity contribution in [3.63, 3.8) is 0 Å². The molecule has 1 unspecified atom stereocenters.